The summed E-state index contributed by atoms with van der Waals surface area (Å²) in [5.41, 5.74) is 3.44. The van der Waals surface area contributed by atoms with Crippen molar-refractivity contribution in [1.82, 2.24) is 4.98 Å². The van der Waals surface area contributed by atoms with Gasteiger partial charge in [-0.2, -0.15) is 0 Å². The van der Waals surface area contributed by atoms with E-state index in [2.05, 4.69) is 20.9 Å². The van der Waals surface area contributed by atoms with Gasteiger partial charge in [-0.3, -0.25) is 4.79 Å². The Balaban J connectivity index is 2.03. The Kier molecular flexibility index (Phi) is 3.32. The van der Waals surface area contributed by atoms with Gasteiger partial charge in [-0.05, 0) is 30.2 Å². The summed E-state index contributed by atoms with van der Waals surface area (Å²) in [6.45, 7) is 1.82. The summed E-state index contributed by atoms with van der Waals surface area (Å²) >= 11 is 3.61. The van der Waals surface area contributed by atoms with Crippen LogP contribution in [-0.4, -0.2) is 17.6 Å². The molecule has 0 aliphatic carbocycles. The topological polar surface area (TPSA) is 64.5 Å². The molecule has 1 aromatic carbocycles. The Morgan fingerprint density at radius 3 is 3.00 bits per heavy atom. The van der Waals surface area contributed by atoms with E-state index in [1.807, 2.05) is 18.2 Å². The van der Waals surface area contributed by atoms with Gasteiger partial charge < -0.3 is 18.9 Å². The molecule has 0 amide bonds. The lowest BCUT2D eigenvalue weighted by molar-refractivity contribution is -0.222. The van der Waals surface area contributed by atoms with Crippen molar-refractivity contribution in [3.63, 3.8) is 0 Å². The molecule has 1 N–H and O–H groups in total. The molecule has 0 saturated carbocycles. The summed E-state index contributed by atoms with van der Waals surface area (Å²) < 4.78 is 17.8. The first kappa shape index (κ1) is 14.5. The van der Waals surface area contributed by atoms with Gasteiger partial charge in [-0.25, -0.2) is 0 Å². The number of H-pyrrole nitrogens is 1. The van der Waals surface area contributed by atoms with Crippen LogP contribution in [0.15, 0.2) is 45.7 Å². The predicted molar refractivity (Wildman–Crippen MR) is 86.9 cm³/mol. The predicted octanol–water partition coefficient (Wildman–Crippen LogP) is 3.86. The van der Waals surface area contributed by atoms with Crippen LogP contribution in [0.5, 0.6) is 0 Å². The van der Waals surface area contributed by atoms with E-state index in [-0.39, 0.29) is 0 Å². The number of esters is 1. The maximum absolute atomic E-state index is 11.7. The molecule has 1 atom stereocenters. The monoisotopic (exact) mass is 375 g/mol. The Labute approximate surface area is 140 Å². The van der Waals surface area contributed by atoms with Gasteiger partial charge in [0.05, 0.1) is 24.1 Å². The molecule has 3 heterocycles. The summed E-state index contributed by atoms with van der Waals surface area (Å²) in [7, 11) is 0. The van der Waals surface area contributed by atoms with E-state index in [4.69, 9.17) is 13.9 Å². The number of rotatable bonds is 2. The average molecular weight is 376 g/mol. The number of furan rings is 1. The van der Waals surface area contributed by atoms with Gasteiger partial charge in [0.1, 0.15) is 6.26 Å². The summed E-state index contributed by atoms with van der Waals surface area (Å²) in [6, 6.07) is 7.70. The molecule has 3 aromatic rings. The maximum atomic E-state index is 11.7. The van der Waals surface area contributed by atoms with E-state index < -0.39 is 11.8 Å². The number of hydrogen-bond donors (Lipinski definition) is 1. The number of carbonyl (C=O) groups is 1. The third-order valence-corrected chi connectivity index (χ3v) is 4.71. The largest absolute Gasteiger partial charge is 0.472 e. The Hall–Kier alpha value is -2.05. The zero-order chi connectivity index (χ0) is 16.0. The molecule has 5 nitrogen and oxygen atoms in total. The van der Waals surface area contributed by atoms with Gasteiger partial charge in [0.2, 0.25) is 0 Å². The van der Waals surface area contributed by atoms with Crippen LogP contribution in [0, 0.1) is 0 Å². The Bertz CT molecular complexity index is 884. The smallest absolute Gasteiger partial charge is 0.305 e. The molecule has 6 heteroatoms. The molecule has 0 radical (unpaired) electrons. The molecule has 118 valence electrons. The fourth-order valence-electron chi connectivity index (χ4n) is 3.19. The fourth-order valence-corrected chi connectivity index (χ4v) is 3.80. The highest BCUT2D eigenvalue weighted by molar-refractivity contribution is 9.10. The SMILES string of the molecule is CC(=O)OC1(c2ccoc2)OCCc2c1[nH]c1cccc(Br)c21. The lowest BCUT2D eigenvalue weighted by atomic mass is 9.96. The van der Waals surface area contributed by atoms with Crippen LogP contribution in [0.1, 0.15) is 23.7 Å². The highest BCUT2D eigenvalue weighted by Gasteiger charge is 2.46. The number of carbonyl (C=O) groups excluding carboxylic acids is 1. The summed E-state index contributed by atoms with van der Waals surface area (Å²) in [5, 5.41) is 1.09. The Morgan fingerprint density at radius 1 is 1.39 bits per heavy atom. The highest BCUT2D eigenvalue weighted by Crippen LogP contribution is 2.44. The van der Waals surface area contributed by atoms with E-state index in [0.717, 1.165) is 33.1 Å². The van der Waals surface area contributed by atoms with Gasteiger partial charge in [0, 0.05) is 22.3 Å². The van der Waals surface area contributed by atoms with Crippen LogP contribution in [-0.2, 0) is 26.5 Å². The number of aromatic amines is 1. The van der Waals surface area contributed by atoms with Crippen molar-refractivity contribution >= 4 is 32.8 Å². The zero-order valence-electron chi connectivity index (χ0n) is 12.4. The average Bonchev–Trinajstić information content (AvgIpc) is 3.15. The maximum Gasteiger partial charge on any atom is 0.305 e. The Morgan fingerprint density at radius 2 is 2.26 bits per heavy atom. The zero-order valence-corrected chi connectivity index (χ0v) is 14.0. The molecule has 23 heavy (non-hydrogen) atoms. The van der Waals surface area contributed by atoms with E-state index in [1.54, 1.807) is 12.3 Å². The van der Waals surface area contributed by atoms with E-state index in [9.17, 15) is 4.79 Å². The second-order valence-corrected chi connectivity index (χ2v) is 6.32. The molecule has 0 saturated heterocycles. The standard InChI is InChI=1S/C17H14BrNO4/c1-10(20)23-17(11-5-7-21-9-11)16-12(6-8-22-17)15-13(18)3-2-4-14(15)19-16/h2-5,7,9,19H,6,8H2,1H3. The minimum absolute atomic E-state index is 0.420. The first-order valence-electron chi connectivity index (χ1n) is 7.27. The van der Waals surface area contributed by atoms with Crippen LogP contribution in [0.25, 0.3) is 10.9 Å². The third kappa shape index (κ3) is 2.13. The second-order valence-electron chi connectivity index (χ2n) is 5.46. The minimum Gasteiger partial charge on any atom is -0.472 e. The number of nitrogens with one attached hydrogen (secondary N) is 1. The van der Waals surface area contributed by atoms with Crippen LogP contribution in [0.2, 0.25) is 0 Å². The van der Waals surface area contributed by atoms with Crippen LogP contribution >= 0.6 is 15.9 Å². The van der Waals surface area contributed by atoms with Crippen LogP contribution < -0.4 is 0 Å². The van der Waals surface area contributed by atoms with Gasteiger partial charge in [-0.1, -0.05) is 22.0 Å². The van der Waals surface area contributed by atoms with E-state index in [1.165, 1.54) is 13.2 Å². The van der Waals surface area contributed by atoms with Crippen LogP contribution in [0.3, 0.4) is 0 Å². The van der Waals surface area contributed by atoms with E-state index in [0.29, 0.717) is 12.2 Å². The first-order valence-corrected chi connectivity index (χ1v) is 8.07. The minimum atomic E-state index is -1.30. The van der Waals surface area contributed by atoms with Crippen molar-refractivity contribution in [3.8, 4) is 0 Å². The quantitative estimate of drug-likeness (QED) is 0.690. The van der Waals surface area contributed by atoms with Crippen molar-refractivity contribution in [2.75, 3.05) is 6.61 Å². The third-order valence-electron chi connectivity index (χ3n) is 4.05. The van der Waals surface area contributed by atoms with Crippen molar-refractivity contribution in [2.24, 2.45) is 0 Å². The molecule has 2 aromatic heterocycles. The van der Waals surface area contributed by atoms with Crippen molar-refractivity contribution in [1.29, 1.82) is 0 Å². The number of benzene rings is 1. The summed E-state index contributed by atoms with van der Waals surface area (Å²) in [5.74, 6) is -1.72. The van der Waals surface area contributed by atoms with Gasteiger partial charge >= 0.3 is 5.97 Å². The number of hydrogen-bond acceptors (Lipinski definition) is 4. The molecule has 1 aliphatic heterocycles. The fraction of sp³-hybridized carbons (Fsp3) is 0.235. The van der Waals surface area contributed by atoms with Crippen LogP contribution in [0.4, 0.5) is 0 Å². The molecule has 1 aliphatic rings. The molecule has 0 fully saturated rings. The number of aromatic nitrogens is 1. The molecule has 0 bridgehead atoms. The number of ether oxygens (including phenoxy) is 2. The molecular formula is C17H14BrNO4. The highest BCUT2D eigenvalue weighted by atomic mass is 79.9. The lowest BCUT2D eigenvalue weighted by Crippen LogP contribution is -2.40. The van der Waals surface area contributed by atoms with Gasteiger partial charge in [0.15, 0.2) is 0 Å². The summed E-state index contributed by atoms with van der Waals surface area (Å²) in [6.07, 6.45) is 3.81. The van der Waals surface area contributed by atoms with Gasteiger partial charge in [-0.15, -0.1) is 0 Å². The summed E-state index contributed by atoms with van der Waals surface area (Å²) in [4.78, 5) is 15.1. The first-order chi connectivity index (χ1) is 11.1. The number of fused-ring (bicyclic) bond motifs is 3. The molecule has 0 spiro atoms. The van der Waals surface area contributed by atoms with E-state index >= 15 is 0 Å². The van der Waals surface area contributed by atoms with Crippen molar-refractivity contribution in [2.45, 2.75) is 19.1 Å². The normalized spacial score (nSPS) is 20.4. The van der Waals surface area contributed by atoms with Crippen molar-refractivity contribution in [3.05, 3.63) is 58.1 Å². The lowest BCUT2D eigenvalue weighted by Gasteiger charge is -2.35. The molecule has 1 unspecified atom stereocenters. The van der Waals surface area contributed by atoms with Crippen molar-refractivity contribution < 1.29 is 18.7 Å². The van der Waals surface area contributed by atoms with Gasteiger partial charge in [0.25, 0.3) is 5.79 Å². The number of halogens is 1. The second kappa shape index (κ2) is 5.25. The molecule has 4 rings (SSSR count). The molecular weight excluding hydrogens is 362 g/mol.